The number of carbonyl (C=O) groups excluding carboxylic acids is 1. The lowest BCUT2D eigenvalue weighted by molar-refractivity contribution is -0.142. The zero-order chi connectivity index (χ0) is 9.68. The molecule has 0 aliphatic rings. The maximum absolute atomic E-state index is 10.5. The Morgan fingerprint density at radius 1 is 1.69 bits per heavy atom. The Bertz CT molecular complexity index is 281. The summed E-state index contributed by atoms with van der Waals surface area (Å²) < 4.78 is 6.79. The molecule has 0 amide bonds. The molecule has 0 saturated carbocycles. The van der Waals surface area contributed by atoms with Crippen LogP contribution in [0.3, 0.4) is 0 Å². The van der Waals surface area contributed by atoms with Crippen molar-refractivity contribution in [1.29, 1.82) is 0 Å². The molecule has 0 radical (unpaired) electrons. The maximum Gasteiger partial charge on any atom is 0.303 e. The molecule has 0 bridgehead atoms. The molecule has 1 aromatic heterocycles. The maximum atomic E-state index is 10.5. The second-order valence-electron chi connectivity index (χ2n) is 2.88. The van der Waals surface area contributed by atoms with E-state index >= 15 is 0 Å². The number of ether oxygens (including phenoxy) is 1. The lowest BCUT2D eigenvalue weighted by Crippen LogP contribution is -1.99. The van der Waals surface area contributed by atoms with E-state index in [-0.39, 0.29) is 12.6 Å². The van der Waals surface area contributed by atoms with Crippen LogP contribution in [0.1, 0.15) is 26.0 Å². The molecule has 4 heteroatoms. The summed E-state index contributed by atoms with van der Waals surface area (Å²) in [6, 6.07) is 0. The molecule has 0 aromatic carbocycles. The van der Waals surface area contributed by atoms with Crippen LogP contribution < -0.4 is 0 Å². The topological polar surface area (TPSA) is 44.1 Å². The summed E-state index contributed by atoms with van der Waals surface area (Å²) in [4.78, 5) is 14.6. The second kappa shape index (κ2) is 4.64. The van der Waals surface area contributed by atoms with E-state index < -0.39 is 0 Å². The van der Waals surface area contributed by atoms with Gasteiger partial charge in [-0.2, -0.15) is 0 Å². The first kappa shape index (κ1) is 9.77. The van der Waals surface area contributed by atoms with Gasteiger partial charge in [0.05, 0.1) is 12.0 Å². The molecule has 1 rings (SSSR count). The van der Waals surface area contributed by atoms with E-state index in [1.165, 1.54) is 6.92 Å². The SMILES string of the molecule is CCCn1cnc(COC(C)=O)c1. The smallest absolute Gasteiger partial charge is 0.303 e. The molecule has 0 aliphatic heterocycles. The van der Waals surface area contributed by atoms with Crippen molar-refractivity contribution < 1.29 is 9.53 Å². The molecule has 0 atom stereocenters. The van der Waals surface area contributed by atoms with Crippen molar-refractivity contribution in [3.8, 4) is 0 Å². The molecule has 0 aliphatic carbocycles. The summed E-state index contributed by atoms with van der Waals surface area (Å²) in [7, 11) is 0. The minimum Gasteiger partial charge on any atom is -0.459 e. The molecular weight excluding hydrogens is 168 g/mol. The Kier molecular flexibility index (Phi) is 3.49. The summed E-state index contributed by atoms with van der Waals surface area (Å²) in [6.45, 7) is 4.72. The van der Waals surface area contributed by atoms with Crippen molar-refractivity contribution in [1.82, 2.24) is 9.55 Å². The van der Waals surface area contributed by atoms with Crippen molar-refractivity contribution in [2.24, 2.45) is 0 Å². The van der Waals surface area contributed by atoms with Crippen LogP contribution in [0.25, 0.3) is 0 Å². The standard InChI is InChI=1S/C9H14N2O2/c1-3-4-11-5-9(10-7-11)6-13-8(2)12/h5,7H,3-4,6H2,1-2H3. The molecule has 72 valence electrons. The highest BCUT2D eigenvalue weighted by atomic mass is 16.5. The van der Waals surface area contributed by atoms with Crippen molar-refractivity contribution in [2.75, 3.05) is 0 Å². The van der Waals surface area contributed by atoms with Gasteiger partial charge in [0.2, 0.25) is 0 Å². The van der Waals surface area contributed by atoms with Crippen LogP contribution in [0.5, 0.6) is 0 Å². The zero-order valence-electron chi connectivity index (χ0n) is 7.99. The van der Waals surface area contributed by atoms with E-state index in [0.717, 1.165) is 18.7 Å². The van der Waals surface area contributed by atoms with E-state index in [1.807, 2.05) is 10.8 Å². The summed E-state index contributed by atoms with van der Waals surface area (Å²) in [6.07, 6.45) is 4.72. The minimum atomic E-state index is -0.273. The summed E-state index contributed by atoms with van der Waals surface area (Å²) in [5.74, 6) is -0.273. The van der Waals surface area contributed by atoms with Gasteiger partial charge in [-0.15, -0.1) is 0 Å². The predicted octanol–water partition coefficient (Wildman–Crippen LogP) is 1.36. The molecule has 0 saturated heterocycles. The Labute approximate surface area is 77.5 Å². The molecular formula is C9H14N2O2. The Balaban J connectivity index is 2.44. The first-order valence-corrected chi connectivity index (χ1v) is 4.36. The molecule has 1 heterocycles. The van der Waals surface area contributed by atoms with Crippen LogP contribution in [-0.4, -0.2) is 15.5 Å². The lowest BCUT2D eigenvalue weighted by atomic mass is 10.4. The third-order valence-corrected chi connectivity index (χ3v) is 1.59. The summed E-state index contributed by atoms with van der Waals surface area (Å²) in [5, 5.41) is 0. The number of nitrogens with zero attached hydrogens (tertiary/aromatic N) is 2. The summed E-state index contributed by atoms with van der Waals surface area (Å²) in [5.41, 5.74) is 0.795. The van der Waals surface area contributed by atoms with Crippen molar-refractivity contribution in [2.45, 2.75) is 33.4 Å². The van der Waals surface area contributed by atoms with Gasteiger partial charge in [0.15, 0.2) is 0 Å². The number of aromatic nitrogens is 2. The van der Waals surface area contributed by atoms with E-state index in [0.29, 0.717) is 0 Å². The molecule has 0 unspecified atom stereocenters. The quantitative estimate of drug-likeness (QED) is 0.660. The number of carbonyl (C=O) groups is 1. The van der Waals surface area contributed by atoms with Gasteiger partial charge in [0.25, 0.3) is 0 Å². The average Bonchev–Trinajstić information content (AvgIpc) is 2.50. The Morgan fingerprint density at radius 2 is 2.46 bits per heavy atom. The highest BCUT2D eigenvalue weighted by molar-refractivity contribution is 5.65. The molecule has 1 aromatic rings. The lowest BCUT2D eigenvalue weighted by Gasteiger charge is -1.97. The average molecular weight is 182 g/mol. The van der Waals surface area contributed by atoms with E-state index in [2.05, 4.69) is 11.9 Å². The molecule has 13 heavy (non-hydrogen) atoms. The fourth-order valence-corrected chi connectivity index (χ4v) is 1.04. The Morgan fingerprint density at radius 3 is 3.08 bits per heavy atom. The number of hydrogen-bond acceptors (Lipinski definition) is 3. The zero-order valence-corrected chi connectivity index (χ0v) is 7.99. The van der Waals surface area contributed by atoms with Gasteiger partial charge in [-0.05, 0) is 6.42 Å². The first-order chi connectivity index (χ1) is 6.22. The number of hydrogen-bond donors (Lipinski definition) is 0. The number of imidazole rings is 1. The van der Waals surface area contributed by atoms with Gasteiger partial charge in [-0.25, -0.2) is 4.98 Å². The van der Waals surface area contributed by atoms with Gasteiger partial charge in [-0.3, -0.25) is 4.79 Å². The molecule has 0 N–H and O–H groups in total. The largest absolute Gasteiger partial charge is 0.459 e. The van der Waals surface area contributed by atoms with Crippen molar-refractivity contribution in [3.05, 3.63) is 18.2 Å². The monoisotopic (exact) mass is 182 g/mol. The number of rotatable bonds is 4. The number of aryl methyl sites for hydroxylation is 1. The van der Waals surface area contributed by atoms with Crippen LogP contribution in [0.4, 0.5) is 0 Å². The van der Waals surface area contributed by atoms with Crippen molar-refractivity contribution >= 4 is 5.97 Å². The Hall–Kier alpha value is -1.32. The van der Waals surface area contributed by atoms with Crippen LogP contribution in [0.2, 0.25) is 0 Å². The normalized spacial score (nSPS) is 10.0. The minimum absolute atomic E-state index is 0.270. The molecule has 0 spiro atoms. The fourth-order valence-electron chi connectivity index (χ4n) is 1.04. The third kappa shape index (κ3) is 3.27. The van der Waals surface area contributed by atoms with Crippen molar-refractivity contribution in [3.63, 3.8) is 0 Å². The predicted molar refractivity (Wildman–Crippen MR) is 48.0 cm³/mol. The first-order valence-electron chi connectivity index (χ1n) is 4.36. The van der Waals surface area contributed by atoms with Gasteiger partial charge >= 0.3 is 5.97 Å². The van der Waals surface area contributed by atoms with Crippen LogP contribution in [0.15, 0.2) is 12.5 Å². The second-order valence-corrected chi connectivity index (χ2v) is 2.88. The highest BCUT2D eigenvalue weighted by Crippen LogP contribution is 1.99. The van der Waals surface area contributed by atoms with Gasteiger partial charge in [0, 0.05) is 19.7 Å². The van der Waals surface area contributed by atoms with Crippen LogP contribution in [-0.2, 0) is 22.7 Å². The number of esters is 1. The van der Waals surface area contributed by atoms with Gasteiger partial charge in [0.1, 0.15) is 6.61 Å². The van der Waals surface area contributed by atoms with Gasteiger partial charge in [-0.1, -0.05) is 6.92 Å². The van der Waals surface area contributed by atoms with Crippen LogP contribution >= 0.6 is 0 Å². The van der Waals surface area contributed by atoms with E-state index in [9.17, 15) is 4.79 Å². The third-order valence-electron chi connectivity index (χ3n) is 1.59. The molecule has 4 nitrogen and oxygen atoms in total. The van der Waals surface area contributed by atoms with E-state index in [4.69, 9.17) is 4.74 Å². The fraction of sp³-hybridized carbons (Fsp3) is 0.556. The van der Waals surface area contributed by atoms with Crippen LogP contribution in [0, 0.1) is 0 Å². The summed E-state index contributed by atoms with van der Waals surface area (Å²) >= 11 is 0. The van der Waals surface area contributed by atoms with Gasteiger partial charge < -0.3 is 9.30 Å². The molecule has 0 fully saturated rings. The van der Waals surface area contributed by atoms with E-state index in [1.54, 1.807) is 6.33 Å². The highest BCUT2D eigenvalue weighted by Gasteiger charge is 1.99.